The molecule has 4 fully saturated rings. The number of amides is 1. The van der Waals surface area contributed by atoms with Crippen molar-refractivity contribution in [3.05, 3.63) is 0 Å². The van der Waals surface area contributed by atoms with Gasteiger partial charge in [-0.25, -0.2) is 8.42 Å². The molecule has 2 saturated carbocycles. The molecule has 4 aliphatic rings. The van der Waals surface area contributed by atoms with Gasteiger partial charge >= 0.3 is 0 Å². The number of hydrogen-bond donors (Lipinski definition) is 5. The van der Waals surface area contributed by atoms with Gasteiger partial charge in [0.15, 0.2) is 9.84 Å². The van der Waals surface area contributed by atoms with E-state index in [1.54, 1.807) is 0 Å². The summed E-state index contributed by atoms with van der Waals surface area (Å²) in [5, 5.41) is 17.0. The molecule has 10 heteroatoms. The van der Waals surface area contributed by atoms with E-state index in [1.807, 2.05) is 0 Å². The molecule has 9 unspecified atom stereocenters. The second-order valence-electron chi connectivity index (χ2n) is 11.2. The Balaban J connectivity index is 1.28. The van der Waals surface area contributed by atoms with Gasteiger partial charge in [-0.3, -0.25) is 20.7 Å². The van der Waals surface area contributed by atoms with E-state index in [1.165, 1.54) is 19.1 Å². The second-order valence-corrected chi connectivity index (χ2v) is 14.0. The Labute approximate surface area is 210 Å². The molecule has 1 amide bonds. The van der Waals surface area contributed by atoms with Gasteiger partial charge in [-0.05, 0) is 89.3 Å². The van der Waals surface area contributed by atoms with Crippen LogP contribution in [-0.2, 0) is 14.6 Å². The number of piperidine rings is 1. The minimum Gasteiger partial charge on any atom is -0.353 e. The van der Waals surface area contributed by atoms with E-state index in [2.05, 4.69) is 33.5 Å². The van der Waals surface area contributed by atoms with Crippen molar-refractivity contribution in [2.24, 2.45) is 17.8 Å². The lowest BCUT2D eigenvalue weighted by Gasteiger charge is -2.43. The molecule has 0 bridgehead atoms. The first kappa shape index (κ1) is 26.6. The quantitative estimate of drug-likeness (QED) is 0.338. The van der Waals surface area contributed by atoms with E-state index in [4.69, 9.17) is 11.6 Å². The van der Waals surface area contributed by atoms with Crippen LogP contribution in [0.5, 0.6) is 0 Å². The maximum Gasteiger partial charge on any atom is 0.223 e. The van der Waals surface area contributed by atoms with Crippen LogP contribution in [0.3, 0.4) is 0 Å². The molecule has 2 aliphatic carbocycles. The number of carbonyl (C=O) groups excluding carboxylic acids is 1. The Morgan fingerprint density at radius 3 is 2.59 bits per heavy atom. The van der Waals surface area contributed by atoms with Crippen LogP contribution in [0.1, 0.15) is 64.7 Å². The summed E-state index contributed by atoms with van der Waals surface area (Å²) in [6.45, 7) is 5.54. The standard InChI is InChI=1S/C24H44ClN5O3S/c1-15-5-7-18(28-23(31)16-6-8-19(25)22(12-16)34(2,32)33)13-21(15)30-24-27-11-9-20(29-24)17-4-3-10-26-14-17/h15-22,24,26-27,29-30H,3-14H2,1-2H3,(H,28,31). The lowest BCUT2D eigenvalue weighted by molar-refractivity contribution is -0.126. The maximum absolute atomic E-state index is 13.0. The van der Waals surface area contributed by atoms with Crippen molar-refractivity contribution in [3.8, 4) is 0 Å². The van der Waals surface area contributed by atoms with Gasteiger partial charge in [0.05, 0.1) is 10.6 Å². The fourth-order valence-electron chi connectivity index (χ4n) is 6.43. The summed E-state index contributed by atoms with van der Waals surface area (Å²) < 4.78 is 24.2. The second kappa shape index (κ2) is 11.7. The Morgan fingerprint density at radius 1 is 1.03 bits per heavy atom. The summed E-state index contributed by atoms with van der Waals surface area (Å²) in [7, 11) is -3.26. The molecule has 2 aliphatic heterocycles. The third-order valence-electron chi connectivity index (χ3n) is 8.64. The number of alkyl halides is 1. The fourth-order valence-corrected chi connectivity index (χ4v) is 8.48. The molecule has 5 N–H and O–H groups in total. The number of carbonyl (C=O) groups is 1. The Hall–Kier alpha value is -0.450. The van der Waals surface area contributed by atoms with Crippen molar-refractivity contribution in [3.63, 3.8) is 0 Å². The molecule has 0 aromatic heterocycles. The number of nitrogens with one attached hydrogen (secondary N) is 5. The Morgan fingerprint density at radius 2 is 1.85 bits per heavy atom. The average molecular weight is 518 g/mol. The minimum absolute atomic E-state index is 0.00528. The molecule has 34 heavy (non-hydrogen) atoms. The lowest BCUT2D eigenvalue weighted by atomic mass is 9.82. The molecular formula is C24H44ClN5O3S. The van der Waals surface area contributed by atoms with Crippen LogP contribution in [0, 0.1) is 17.8 Å². The van der Waals surface area contributed by atoms with Crippen molar-refractivity contribution in [1.29, 1.82) is 0 Å². The monoisotopic (exact) mass is 517 g/mol. The highest BCUT2D eigenvalue weighted by atomic mass is 35.5. The van der Waals surface area contributed by atoms with Crippen molar-refractivity contribution in [2.75, 3.05) is 25.9 Å². The smallest absolute Gasteiger partial charge is 0.223 e. The SMILES string of the molecule is CC1CCC(NC(=O)C2CCC(Cl)C(S(C)(=O)=O)C2)CC1NC1NCCC(C2CCCNC2)N1. The van der Waals surface area contributed by atoms with Crippen molar-refractivity contribution < 1.29 is 13.2 Å². The third-order valence-corrected chi connectivity index (χ3v) is 10.9. The molecule has 2 heterocycles. The highest BCUT2D eigenvalue weighted by molar-refractivity contribution is 7.91. The Kier molecular flexibility index (Phi) is 9.18. The predicted octanol–water partition coefficient (Wildman–Crippen LogP) is 1.30. The topological polar surface area (TPSA) is 111 Å². The first-order valence-electron chi connectivity index (χ1n) is 13.3. The number of hydrogen-bond acceptors (Lipinski definition) is 7. The average Bonchev–Trinajstić information content (AvgIpc) is 2.81. The van der Waals surface area contributed by atoms with E-state index in [0.717, 1.165) is 45.3 Å². The zero-order chi connectivity index (χ0) is 24.3. The number of sulfone groups is 1. The molecule has 4 rings (SSSR count). The molecule has 9 atom stereocenters. The van der Waals surface area contributed by atoms with Gasteiger partial charge < -0.3 is 10.6 Å². The minimum atomic E-state index is -3.26. The van der Waals surface area contributed by atoms with E-state index < -0.39 is 20.5 Å². The Bertz CT molecular complexity index is 793. The lowest BCUT2D eigenvalue weighted by Crippen LogP contribution is -2.66. The zero-order valence-corrected chi connectivity index (χ0v) is 22.3. The molecule has 0 spiro atoms. The van der Waals surface area contributed by atoms with Crippen molar-refractivity contribution in [1.82, 2.24) is 26.6 Å². The number of rotatable bonds is 6. The largest absolute Gasteiger partial charge is 0.353 e. The molecule has 196 valence electrons. The van der Waals surface area contributed by atoms with Crippen LogP contribution < -0.4 is 26.6 Å². The molecule has 0 aromatic rings. The van der Waals surface area contributed by atoms with Crippen LogP contribution in [-0.4, -0.2) is 75.3 Å². The molecule has 8 nitrogen and oxygen atoms in total. The van der Waals surface area contributed by atoms with Gasteiger partial charge in [0, 0.05) is 30.3 Å². The van der Waals surface area contributed by atoms with E-state index in [0.29, 0.717) is 43.2 Å². The molecule has 0 aromatic carbocycles. The maximum atomic E-state index is 13.0. The summed E-state index contributed by atoms with van der Waals surface area (Å²) in [6, 6.07) is 0.962. The van der Waals surface area contributed by atoms with Crippen LogP contribution >= 0.6 is 11.6 Å². The van der Waals surface area contributed by atoms with Crippen molar-refractivity contribution >= 4 is 27.3 Å². The summed E-state index contributed by atoms with van der Waals surface area (Å²) in [5.74, 6) is 0.950. The fraction of sp³-hybridized carbons (Fsp3) is 0.958. The van der Waals surface area contributed by atoms with Gasteiger partial charge in [0.25, 0.3) is 0 Å². The first-order valence-corrected chi connectivity index (χ1v) is 15.7. The van der Waals surface area contributed by atoms with Gasteiger partial charge in [-0.2, -0.15) is 0 Å². The third kappa shape index (κ3) is 6.85. The van der Waals surface area contributed by atoms with Crippen molar-refractivity contribution in [2.45, 2.75) is 99.8 Å². The van der Waals surface area contributed by atoms with Crippen LogP contribution in [0.15, 0.2) is 0 Å². The number of halogens is 1. The van der Waals surface area contributed by atoms with Gasteiger partial charge in [-0.1, -0.05) is 6.92 Å². The molecule has 0 radical (unpaired) electrons. The van der Waals surface area contributed by atoms with E-state index in [-0.39, 0.29) is 24.2 Å². The van der Waals surface area contributed by atoms with E-state index in [9.17, 15) is 13.2 Å². The van der Waals surface area contributed by atoms with Gasteiger partial charge in [0.1, 0.15) is 6.29 Å². The van der Waals surface area contributed by atoms with Crippen LogP contribution in [0.2, 0.25) is 0 Å². The van der Waals surface area contributed by atoms with Crippen LogP contribution in [0.25, 0.3) is 0 Å². The molecule has 2 saturated heterocycles. The zero-order valence-electron chi connectivity index (χ0n) is 20.7. The predicted molar refractivity (Wildman–Crippen MR) is 136 cm³/mol. The summed E-state index contributed by atoms with van der Waals surface area (Å²) in [6.07, 6.45) is 9.50. The summed E-state index contributed by atoms with van der Waals surface area (Å²) in [5.41, 5.74) is 0. The summed E-state index contributed by atoms with van der Waals surface area (Å²) in [4.78, 5) is 13.0. The molecular weight excluding hydrogens is 474 g/mol. The van der Waals surface area contributed by atoms with Gasteiger partial charge in [0.2, 0.25) is 5.91 Å². The summed E-state index contributed by atoms with van der Waals surface area (Å²) >= 11 is 6.28. The normalized spacial score (nSPS) is 42.1. The first-order chi connectivity index (χ1) is 16.2. The highest BCUT2D eigenvalue weighted by Crippen LogP contribution is 2.33. The van der Waals surface area contributed by atoms with Gasteiger partial charge in [-0.15, -0.1) is 11.6 Å². The van der Waals surface area contributed by atoms with E-state index >= 15 is 0 Å². The highest BCUT2D eigenvalue weighted by Gasteiger charge is 2.39. The van der Waals surface area contributed by atoms with Crippen LogP contribution in [0.4, 0.5) is 0 Å².